The second kappa shape index (κ2) is 5.77. The fourth-order valence-electron chi connectivity index (χ4n) is 1.16. The van der Waals surface area contributed by atoms with E-state index in [9.17, 15) is 25.1 Å². The molecular formula is C12H15NO6. The van der Waals surface area contributed by atoms with Crippen LogP contribution in [0.2, 0.25) is 0 Å². The van der Waals surface area contributed by atoms with Crippen LogP contribution in [0.1, 0.15) is 24.2 Å². The topological polar surface area (TPSA) is 110 Å². The Balaban J connectivity index is 2.61. The molecule has 0 unspecified atom stereocenters. The molecular weight excluding hydrogens is 254 g/mol. The molecule has 0 bridgehead atoms. The summed E-state index contributed by atoms with van der Waals surface area (Å²) >= 11 is 0. The van der Waals surface area contributed by atoms with Crippen LogP contribution in [0, 0.1) is 10.1 Å². The summed E-state index contributed by atoms with van der Waals surface area (Å²) < 4.78 is 4.80. The maximum Gasteiger partial charge on any atom is 0.338 e. The molecule has 0 aliphatic heterocycles. The van der Waals surface area contributed by atoms with E-state index in [0.29, 0.717) is 0 Å². The summed E-state index contributed by atoms with van der Waals surface area (Å²) in [6.07, 6.45) is -1.21. The summed E-state index contributed by atoms with van der Waals surface area (Å²) in [5, 5.41) is 29.4. The zero-order valence-corrected chi connectivity index (χ0v) is 10.6. The quantitative estimate of drug-likeness (QED) is 0.466. The van der Waals surface area contributed by atoms with Crippen molar-refractivity contribution in [3.63, 3.8) is 0 Å². The van der Waals surface area contributed by atoms with Crippen LogP contribution >= 0.6 is 0 Å². The summed E-state index contributed by atoms with van der Waals surface area (Å²) in [6.45, 7) is 2.41. The number of carbonyl (C=O) groups is 1. The van der Waals surface area contributed by atoms with Gasteiger partial charge in [0.1, 0.15) is 12.7 Å². The molecule has 104 valence electrons. The molecule has 0 heterocycles. The largest absolute Gasteiger partial charge is 0.459 e. The van der Waals surface area contributed by atoms with Gasteiger partial charge in [-0.1, -0.05) is 0 Å². The Hall–Kier alpha value is -1.99. The molecule has 7 heteroatoms. The molecule has 0 amide bonds. The van der Waals surface area contributed by atoms with Crippen molar-refractivity contribution in [1.29, 1.82) is 0 Å². The van der Waals surface area contributed by atoms with Crippen LogP contribution in [-0.2, 0) is 4.74 Å². The summed E-state index contributed by atoms with van der Waals surface area (Å²) in [5.41, 5.74) is -1.38. The predicted molar refractivity (Wildman–Crippen MR) is 65.7 cm³/mol. The Morgan fingerprint density at radius 3 is 2.37 bits per heavy atom. The number of ether oxygens (including phenoxy) is 1. The van der Waals surface area contributed by atoms with E-state index in [2.05, 4.69) is 0 Å². The number of carbonyl (C=O) groups excluding carboxylic acids is 1. The average Bonchev–Trinajstić information content (AvgIpc) is 2.34. The molecule has 0 fully saturated rings. The fraction of sp³-hybridized carbons (Fsp3) is 0.417. The van der Waals surface area contributed by atoms with Gasteiger partial charge in [0.15, 0.2) is 0 Å². The Bertz CT molecular complexity index is 462. The van der Waals surface area contributed by atoms with Crippen molar-refractivity contribution in [2.45, 2.75) is 25.6 Å². The molecule has 1 rings (SSSR count). The van der Waals surface area contributed by atoms with E-state index in [1.165, 1.54) is 38.1 Å². The second-order valence-electron chi connectivity index (χ2n) is 4.57. The van der Waals surface area contributed by atoms with E-state index >= 15 is 0 Å². The number of hydrogen-bond acceptors (Lipinski definition) is 6. The minimum Gasteiger partial charge on any atom is -0.459 e. The van der Waals surface area contributed by atoms with Gasteiger partial charge in [0.05, 0.1) is 16.1 Å². The fourth-order valence-corrected chi connectivity index (χ4v) is 1.16. The number of hydrogen-bond donors (Lipinski definition) is 2. The van der Waals surface area contributed by atoms with Crippen LogP contribution in [0.3, 0.4) is 0 Å². The Morgan fingerprint density at radius 2 is 1.95 bits per heavy atom. The number of aliphatic hydroxyl groups excluding tert-OH is 1. The molecule has 2 N–H and O–H groups in total. The summed E-state index contributed by atoms with van der Waals surface area (Å²) in [4.78, 5) is 21.4. The van der Waals surface area contributed by atoms with Crippen LogP contribution in [0.25, 0.3) is 0 Å². The van der Waals surface area contributed by atoms with Gasteiger partial charge in [-0.25, -0.2) is 4.79 Å². The van der Waals surface area contributed by atoms with E-state index in [1.54, 1.807) is 0 Å². The molecule has 0 radical (unpaired) electrons. The van der Waals surface area contributed by atoms with Gasteiger partial charge >= 0.3 is 5.97 Å². The Morgan fingerprint density at radius 1 is 1.42 bits per heavy atom. The first kappa shape index (κ1) is 15.1. The molecule has 0 aromatic heterocycles. The van der Waals surface area contributed by atoms with Gasteiger partial charge in [0, 0.05) is 12.1 Å². The highest BCUT2D eigenvalue weighted by atomic mass is 16.6. The number of nitrogens with zero attached hydrogens (tertiary/aromatic N) is 1. The normalized spacial score (nSPS) is 12.8. The first-order chi connectivity index (χ1) is 8.71. The van der Waals surface area contributed by atoms with Crippen LogP contribution in [0.4, 0.5) is 5.69 Å². The van der Waals surface area contributed by atoms with Gasteiger partial charge in [-0.3, -0.25) is 10.1 Å². The van der Waals surface area contributed by atoms with Gasteiger partial charge < -0.3 is 14.9 Å². The highest BCUT2D eigenvalue weighted by Crippen LogP contribution is 2.14. The van der Waals surface area contributed by atoms with Crippen LogP contribution in [0.5, 0.6) is 0 Å². The summed E-state index contributed by atoms with van der Waals surface area (Å²) in [6, 6.07) is 4.89. The first-order valence-electron chi connectivity index (χ1n) is 5.54. The summed E-state index contributed by atoms with van der Waals surface area (Å²) in [5.74, 6) is -0.724. The lowest BCUT2D eigenvalue weighted by molar-refractivity contribution is -0.384. The van der Waals surface area contributed by atoms with Gasteiger partial charge in [-0.2, -0.15) is 0 Å². The molecule has 0 spiro atoms. The van der Waals surface area contributed by atoms with Crippen molar-refractivity contribution in [2.75, 3.05) is 6.61 Å². The van der Waals surface area contributed by atoms with Crippen molar-refractivity contribution in [3.05, 3.63) is 39.9 Å². The smallest absolute Gasteiger partial charge is 0.338 e. The third kappa shape index (κ3) is 4.31. The highest BCUT2D eigenvalue weighted by Gasteiger charge is 2.26. The van der Waals surface area contributed by atoms with E-state index in [-0.39, 0.29) is 17.9 Å². The monoisotopic (exact) mass is 269 g/mol. The van der Waals surface area contributed by atoms with Crippen LogP contribution in [0.15, 0.2) is 24.3 Å². The van der Waals surface area contributed by atoms with Crippen molar-refractivity contribution in [1.82, 2.24) is 0 Å². The van der Waals surface area contributed by atoms with Crippen LogP contribution in [-0.4, -0.2) is 39.4 Å². The number of esters is 1. The van der Waals surface area contributed by atoms with E-state index in [4.69, 9.17) is 4.74 Å². The standard InChI is InChI=1S/C12H15NO6/c1-12(2,16)10(14)7-19-11(15)8-3-5-9(6-4-8)13(17)18/h3-6,10,14,16H,7H2,1-2H3/t10-/m1/s1. The number of benzene rings is 1. The lowest BCUT2D eigenvalue weighted by Gasteiger charge is -2.23. The zero-order chi connectivity index (χ0) is 14.6. The van der Waals surface area contributed by atoms with Crippen molar-refractivity contribution in [3.8, 4) is 0 Å². The Labute approximate surface area is 109 Å². The molecule has 19 heavy (non-hydrogen) atoms. The van der Waals surface area contributed by atoms with E-state index in [1.807, 2.05) is 0 Å². The molecule has 0 saturated heterocycles. The lowest BCUT2D eigenvalue weighted by atomic mass is 10.0. The predicted octanol–water partition coefficient (Wildman–Crippen LogP) is 0.883. The lowest BCUT2D eigenvalue weighted by Crippen LogP contribution is -2.39. The second-order valence-corrected chi connectivity index (χ2v) is 4.57. The molecule has 1 aromatic rings. The molecule has 0 aliphatic carbocycles. The van der Waals surface area contributed by atoms with E-state index < -0.39 is 22.6 Å². The third-order valence-electron chi connectivity index (χ3n) is 2.50. The third-order valence-corrected chi connectivity index (χ3v) is 2.50. The van der Waals surface area contributed by atoms with Crippen LogP contribution < -0.4 is 0 Å². The molecule has 1 aromatic carbocycles. The van der Waals surface area contributed by atoms with Gasteiger partial charge in [-0.05, 0) is 26.0 Å². The number of nitro benzene ring substituents is 1. The Kier molecular flexibility index (Phi) is 4.57. The average molecular weight is 269 g/mol. The van der Waals surface area contributed by atoms with Gasteiger partial charge in [0.2, 0.25) is 0 Å². The minimum absolute atomic E-state index is 0.131. The maximum absolute atomic E-state index is 11.6. The van der Waals surface area contributed by atoms with Gasteiger partial charge in [0.25, 0.3) is 5.69 Å². The maximum atomic E-state index is 11.6. The number of aliphatic hydroxyl groups is 2. The number of non-ortho nitro benzene ring substituents is 1. The van der Waals surface area contributed by atoms with E-state index in [0.717, 1.165) is 0 Å². The molecule has 1 atom stereocenters. The van der Waals surface area contributed by atoms with Gasteiger partial charge in [-0.15, -0.1) is 0 Å². The number of rotatable bonds is 5. The molecule has 0 saturated carbocycles. The van der Waals surface area contributed by atoms with Crippen molar-refractivity contribution in [2.24, 2.45) is 0 Å². The van der Waals surface area contributed by atoms with Crippen molar-refractivity contribution < 1.29 is 24.7 Å². The summed E-state index contributed by atoms with van der Waals surface area (Å²) in [7, 11) is 0. The molecule has 0 aliphatic rings. The van der Waals surface area contributed by atoms with Crippen molar-refractivity contribution >= 4 is 11.7 Å². The zero-order valence-electron chi connectivity index (χ0n) is 10.6. The number of nitro groups is 1. The SMILES string of the molecule is CC(C)(O)[C@H](O)COC(=O)c1ccc([N+](=O)[O-])cc1. The first-order valence-corrected chi connectivity index (χ1v) is 5.54. The highest BCUT2D eigenvalue weighted by molar-refractivity contribution is 5.89. The minimum atomic E-state index is -1.38. The molecule has 7 nitrogen and oxygen atoms in total.